The Morgan fingerprint density at radius 3 is 2.45 bits per heavy atom. The van der Waals surface area contributed by atoms with Crippen LogP contribution in [-0.2, 0) is 11.3 Å². The minimum atomic E-state index is -1.27. The van der Waals surface area contributed by atoms with Crippen molar-refractivity contribution >= 4 is 18.7 Å². The molecule has 2 aromatic rings. The number of unbranched alkanes of at least 4 members (excludes halogenated alkanes) is 1. The molecule has 2 aromatic carbocycles. The molecule has 0 aromatic heterocycles. The van der Waals surface area contributed by atoms with Gasteiger partial charge in [-0.3, -0.25) is 0 Å². The Bertz CT molecular complexity index is 849. The van der Waals surface area contributed by atoms with Gasteiger partial charge in [-0.15, -0.1) is 0 Å². The monoisotopic (exact) mass is 448 g/mol. The van der Waals surface area contributed by atoms with Crippen LogP contribution in [0.5, 0.6) is 0 Å². The highest BCUT2D eigenvalue weighted by molar-refractivity contribution is 6.40. The van der Waals surface area contributed by atoms with E-state index in [0.717, 1.165) is 30.4 Å². The molecule has 0 spiro atoms. The highest BCUT2D eigenvalue weighted by Crippen LogP contribution is 2.38. The van der Waals surface area contributed by atoms with E-state index in [1.54, 1.807) is 25.3 Å². The number of ether oxygens (including phenoxy) is 1. The van der Waals surface area contributed by atoms with Gasteiger partial charge in [-0.2, -0.15) is 0 Å². The first-order valence-corrected chi connectivity index (χ1v) is 11.2. The average molecular weight is 449 g/mol. The molecular formula is C23H31BClFN2O3. The Labute approximate surface area is 188 Å². The Morgan fingerprint density at radius 2 is 1.84 bits per heavy atom. The van der Waals surface area contributed by atoms with Gasteiger partial charge in [0.2, 0.25) is 0 Å². The molecule has 1 saturated carbocycles. The predicted molar refractivity (Wildman–Crippen MR) is 123 cm³/mol. The molecule has 0 amide bonds. The number of rotatable bonds is 11. The van der Waals surface area contributed by atoms with Crippen LogP contribution in [0.15, 0.2) is 42.5 Å². The summed E-state index contributed by atoms with van der Waals surface area (Å²) in [5.41, 5.74) is 8.13. The van der Waals surface area contributed by atoms with Crippen LogP contribution in [-0.4, -0.2) is 36.0 Å². The van der Waals surface area contributed by atoms with E-state index in [4.69, 9.17) is 32.1 Å². The van der Waals surface area contributed by atoms with Crippen LogP contribution in [0.1, 0.15) is 37.7 Å². The summed E-state index contributed by atoms with van der Waals surface area (Å²) in [6, 6.07) is 12.9. The van der Waals surface area contributed by atoms with Crippen LogP contribution < -0.4 is 11.1 Å². The molecule has 5 nitrogen and oxygen atoms in total. The SMILES string of the molecule is COC(N)(CCCCB(O)O)C1CC(NCc2ccc(-c3ccc(Cl)cc3)cc2F)C1. The highest BCUT2D eigenvalue weighted by atomic mass is 35.5. The third kappa shape index (κ3) is 6.51. The van der Waals surface area contributed by atoms with Crippen molar-refractivity contribution < 1.29 is 19.2 Å². The summed E-state index contributed by atoms with van der Waals surface area (Å²) < 4.78 is 20.2. The van der Waals surface area contributed by atoms with Crippen LogP contribution in [0.25, 0.3) is 11.1 Å². The van der Waals surface area contributed by atoms with Crippen molar-refractivity contribution in [2.75, 3.05) is 7.11 Å². The minimum absolute atomic E-state index is 0.228. The topological polar surface area (TPSA) is 87.7 Å². The van der Waals surface area contributed by atoms with Crippen molar-refractivity contribution in [3.8, 4) is 11.1 Å². The zero-order valence-corrected chi connectivity index (χ0v) is 18.6. The van der Waals surface area contributed by atoms with Gasteiger partial charge in [0.25, 0.3) is 0 Å². The second-order valence-corrected chi connectivity index (χ2v) is 8.88. The standard InChI is InChI=1S/C23H31BClFN2O3/c1-31-23(27,10-2-3-11-24(29)30)19-13-21(14-19)28-15-18-5-4-17(12-22(18)26)16-6-8-20(25)9-7-16/h4-9,12,19,21,28-30H,2-3,10-11,13-15,27H2,1H3. The van der Waals surface area contributed by atoms with Gasteiger partial charge in [0.05, 0.1) is 0 Å². The van der Waals surface area contributed by atoms with E-state index in [0.29, 0.717) is 36.3 Å². The predicted octanol–water partition coefficient (Wildman–Crippen LogP) is 3.96. The molecule has 0 saturated heterocycles. The lowest BCUT2D eigenvalue weighted by Gasteiger charge is -2.46. The van der Waals surface area contributed by atoms with E-state index in [1.165, 1.54) is 0 Å². The van der Waals surface area contributed by atoms with Crippen molar-refractivity contribution in [1.29, 1.82) is 0 Å². The van der Waals surface area contributed by atoms with Gasteiger partial charge in [0, 0.05) is 36.2 Å². The van der Waals surface area contributed by atoms with E-state index in [1.807, 2.05) is 24.3 Å². The van der Waals surface area contributed by atoms with Gasteiger partial charge < -0.3 is 25.8 Å². The first-order chi connectivity index (χ1) is 14.8. The van der Waals surface area contributed by atoms with Crippen molar-refractivity contribution in [1.82, 2.24) is 5.32 Å². The van der Waals surface area contributed by atoms with Crippen LogP contribution >= 0.6 is 11.6 Å². The van der Waals surface area contributed by atoms with Gasteiger partial charge in [0.1, 0.15) is 11.5 Å². The van der Waals surface area contributed by atoms with Gasteiger partial charge in [-0.25, -0.2) is 4.39 Å². The van der Waals surface area contributed by atoms with Crippen molar-refractivity contribution in [3.63, 3.8) is 0 Å². The van der Waals surface area contributed by atoms with E-state index < -0.39 is 12.8 Å². The number of methoxy groups -OCH3 is 1. The first-order valence-electron chi connectivity index (χ1n) is 10.8. The fourth-order valence-electron chi connectivity index (χ4n) is 4.15. The smallest absolute Gasteiger partial charge is 0.427 e. The maximum Gasteiger partial charge on any atom is 0.451 e. The lowest BCUT2D eigenvalue weighted by Crippen LogP contribution is -2.57. The fraction of sp³-hybridized carbons (Fsp3) is 0.478. The zero-order chi connectivity index (χ0) is 22.4. The minimum Gasteiger partial charge on any atom is -0.427 e. The molecule has 0 heterocycles. The molecule has 5 N–H and O–H groups in total. The summed E-state index contributed by atoms with van der Waals surface area (Å²) in [4.78, 5) is 0. The van der Waals surface area contributed by atoms with Gasteiger partial charge in [-0.05, 0) is 61.3 Å². The van der Waals surface area contributed by atoms with E-state index >= 15 is 0 Å². The summed E-state index contributed by atoms with van der Waals surface area (Å²) in [5.74, 6) is -0.00173. The molecule has 0 bridgehead atoms. The number of benzene rings is 2. The van der Waals surface area contributed by atoms with Crippen molar-refractivity contribution in [2.45, 2.75) is 56.7 Å². The summed E-state index contributed by atoms with van der Waals surface area (Å²) in [5, 5.41) is 22.0. The molecule has 1 unspecified atom stereocenters. The normalized spacial score (nSPS) is 20.2. The molecule has 31 heavy (non-hydrogen) atoms. The van der Waals surface area contributed by atoms with Crippen LogP contribution in [0.3, 0.4) is 0 Å². The Morgan fingerprint density at radius 1 is 1.16 bits per heavy atom. The van der Waals surface area contributed by atoms with Crippen LogP contribution in [0.2, 0.25) is 11.3 Å². The lowest BCUT2D eigenvalue weighted by atomic mass is 9.71. The molecule has 0 radical (unpaired) electrons. The molecule has 1 fully saturated rings. The molecule has 3 rings (SSSR count). The fourth-order valence-corrected chi connectivity index (χ4v) is 4.28. The molecule has 1 aliphatic rings. The molecule has 1 aliphatic carbocycles. The zero-order valence-electron chi connectivity index (χ0n) is 17.9. The summed E-state index contributed by atoms with van der Waals surface area (Å²) >= 11 is 5.92. The Hall–Kier alpha value is -1.48. The van der Waals surface area contributed by atoms with E-state index in [2.05, 4.69) is 5.32 Å². The van der Waals surface area contributed by atoms with Gasteiger partial charge in [0.15, 0.2) is 0 Å². The Kier molecular flexibility index (Phi) is 8.50. The summed E-state index contributed by atoms with van der Waals surface area (Å²) in [6.07, 6.45) is 4.24. The molecule has 168 valence electrons. The van der Waals surface area contributed by atoms with Gasteiger partial charge in [-0.1, -0.05) is 42.3 Å². The van der Waals surface area contributed by atoms with Crippen LogP contribution in [0.4, 0.5) is 4.39 Å². The molecule has 0 aliphatic heterocycles. The maximum absolute atomic E-state index is 14.6. The molecule has 1 atom stereocenters. The number of hydrogen-bond donors (Lipinski definition) is 4. The number of nitrogens with one attached hydrogen (secondary N) is 1. The third-order valence-electron chi connectivity index (χ3n) is 6.30. The largest absolute Gasteiger partial charge is 0.451 e. The summed E-state index contributed by atoms with van der Waals surface area (Å²) in [6.45, 7) is 0.461. The van der Waals surface area contributed by atoms with E-state index in [9.17, 15) is 4.39 Å². The van der Waals surface area contributed by atoms with Gasteiger partial charge >= 0.3 is 7.12 Å². The number of halogens is 2. The average Bonchev–Trinajstić information content (AvgIpc) is 2.71. The highest BCUT2D eigenvalue weighted by Gasteiger charge is 2.43. The lowest BCUT2D eigenvalue weighted by molar-refractivity contribution is -0.0953. The third-order valence-corrected chi connectivity index (χ3v) is 6.55. The molecule has 8 heteroatoms. The van der Waals surface area contributed by atoms with Crippen molar-refractivity contribution in [2.24, 2.45) is 11.7 Å². The molecular weight excluding hydrogens is 418 g/mol. The maximum atomic E-state index is 14.6. The Balaban J connectivity index is 1.47. The van der Waals surface area contributed by atoms with Crippen molar-refractivity contribution in [3.05, 3.63) is 58.9 Å². The first kappa shape index (κ1) is 24.2. The summed E-state index contributed by atoms with van der Waals surface area (Å²) in [7, 11) is 0.354. The number of nitrogens with two attached hydrogens (primary N) is 1. The quantitative estimate of drug-likeness (QED) is 0.237. The second-order valence-electron chi connectivity index (χ2n) is 8.44. The van der Waals surface area contributed by atoms with E-state index in [-0.39, 0.29) is 17.8 Å². The number of hydrogen-bond acceptors (Lipinski definition) is 5. The second kappa shape index (κ2) is 10.9. The van der Waals surface area contributed by atoms with Crippen LogP contribution in [0, 0.1) is 11.7 Å².